The first-order valence-corrected chi connectivity index (χ1v) is 7.17. The van der Waals surface area contributed by atoms with E-state index in [0.29, 0.717) is 17.5 Å². The Morgan fingerprint density at radius 1 is 1.30 bits per heavy atom. The molecule has 2 rings (SSSR count). The average Bonchev–Trinajstić information content (AvgIpc) is 2.49. The van der Waals surface area contributed by atoms with Crippen molar-refractivity contribution >= 4 is 28.4 Å². The van der Waals surface area contributed by atoms with Gasteiger partial charge < -0.3 is 10.8 Å². The number of hydrogen-bond donors (Lipinski definition) is 2. The molecule has 124 valence electrons. The third-order valence-corrected chi connectivity index (χ3v) is 3.29. The van der Waals surface area contributed by atoms with Crippen molar-refractivity contribution in [3.63, 3.8) is 0 Å². The number of rotatable bonds is 5. The van der Waals surface area contributed by atoms with E-state index < -0.39 is 11.7 Å². The van der Waals surface area contributed by atoms with Gasteiger partial charge in [-0.2, -0.15) is 18.2 Å². The summed E-state index contributed by atoms with van der Waals surface area (Å²) < 4.78 is 38.4. The number of alkyl halides is 3. The second-order valence-corrected chi connectivity index (χ2v) is 5.07. The van der Waals surface area contributed by atoms with E-state index in [1.54, 1.807) is 0 Å². The van der Waals surface area contributed by atoms with Gasteiger partial charge in [0.15, 0.2) is 5.82 Å². The van der Waals surface area contributed by atoms with E-state index >= 15 is 0 Å². The number of nitrogen functional groups attached to an aromatic ring is 1. The van der Waals surface area contributed by atoms with Crippen LogP contribution in [-0.2, 0) is 6.18 Å². The molecule has 0 saturated heterocycles. The van der Waals surface area contributed by atoms with Gasteiger partial charge in [-0.3, -0.25) is 0 Å². The van der Waals surface area contributed by atoms with E-state index in [4.69, 9.17) is 5.73 Å². The number of halogens is 3. The standard InChI is InChI=1S/C15H17F3N4O/c1-2-3-4-10(8-23)20-13-11-6-5-9(15(16,17)18)7-12(11)21-14(19)22-13/h5-7,23H,2-4,8H2,1H3,(H2,19,21,22). The lowest BCUT2D eigenvalue weighted by Crippen LogP contribution is -2.06. The van der Waals surface area contributed by atoms with Crippen molar-refractivity contribution in [1.29, 1.82) is 0 Å². The minimum absolute atomic E-state index is 0.0684. The van der Waals surface area contributed by atoms with Gasteiger partial charge in [0.1, 0.15) is 0 Å². The first-order chi connectivity index (χ1) is 10.8. The maximum atomic E-state index is 12.8. The van der Waals surface area contributed by atoms with Crippen LogP contribution in [0, 0.1) is 0 Å². The van der Waals surface area contributed by atoms with Crippen LogP contribution in [0.2, 0.25) is 0 Å². The highest BCUT2D eigenvalue weighted by Gasteiger charge is 2.30. The van der Waals surface area contributed by atoms with Gasteiger partial charge in [-0.1, -0.05) is 13.3 Å². The molecule has 0 aliphatic carbocycles. The summed E-state index contributed by atoms with van der Waals surface area (Å²) in [6.07, 6.45) is -2.11. The van der Waals surface area contributed by atoms with Crippen LogP contribution in [0.3, 0.4) is 0 Å². The Hall–Kier alpha value is -2.22. The molecule has 0 spiro atoms. The number of aliphatic imine (C=N–C) groups is 1. The van der Waals surface area contributed by atoms with Crippen molar-refractivity contribution in [2.75, 3.05) is 12.3 Å². The van der Waals surface area contributed by atoms with E-state index in [-0.39, 0.29) is 23.9 Å². The number of aliphatic hydroxyl groups excluding tert-OH is 1. The highest BCUT2D eigenvalue weighted by molar-refractivity contribution is 5.94. The number of aromatic nitrogens is 2. The fourth-order valence-corrected chi connectivity index (χ4v) is 2.09. The van der Waals surface area contributed by atoms with Crippen molar-refractivity contribution in [2.24, 2.45) is 4.99 Å². The van der Waals surface area contributed by atoms with Crippen LogP contribution in [0.1, 0.15) is 31.7 Å². The first kappa shape index (κ1) is 17.1. The van der Waals surface area contributed by atoms with Crippen molar-refractivity contribution in [1.82, 2.24) is 9.97 Å². The zero-order valence-corrected chi connectivity index (χ0v) is 12.6. The van der Waals surface area contributed by atoms with Gasteiger partial charge in [-0.25, -0.2) is 9.98 Å². The quantitative estimate of drug-likeness (QED) is 0.824. The number of nitrogens with two attached hydrogens (primary N) is 1. The Kier molecular flexibility index (Phi) is 5.15. The number of fused-ring (bicyclic) bond motifs is 1. The minimum Gasteiger partial charge on any atom is -0.390 e. The SMILES string of the molecule is CCCCC(CO)=Nc1nc(N)nc2cc(C(F)(F)F)ccc12. The molecule has 0 amide bonds. The number of aliphatic hydroxyl groups is 1. The Bertz CT molecular complexity index is 728. The van der Waals surface area contributed by atoms with Crippen LogP contribution >= 0.6 is 0 Å². The minimum atomic E-state index is -4.46. The number of nitrogens with zero attached hydrogens (tertiary/aromatic N) is 3. The second-order valence-electron chi connectivity index (χ2n) is 5.07. The summed E-state index contributed by atoms with van der Waals surface area (Å²) in [7, 11) is 0. The Labute approximate surface area is 131 Å². The second kappa shape index (κ2) is 6.91. The van der Waals surface area contributed by atoms with Crippen LogP contribution < -0.4 is 5.73 Å². The number of anilines is 1. The lowest BCUT2D eigenvalue weighted by atomic mass is 10.1. The summed E-state index contributed by atoms with van der Waals surface area (Å²) in [6, 6.07) is 3.13. The smallest absolute Gasteiger partial charge is 0.390 e. The van der Waals surface area contributed by atoms with Gasteiger partial charge in [0, 0.05) is 11.1 Å². The Balaban J connectivity index is 2.54. The van der Waals surface area contributed by atoms with E-state index in [9.17, 15) is 18.3 Å². The molecule has 1 aromatic heterocycles. The maximum absolute atomic E-state index is 12.8. The molecule has 8 heteroatoms. The number of hydrogen-bond acceptors (Lipinski definition) is 5. The Morgan fingerprint density at radius 2 is 2.04 bits per heavy atom. The van der Waals surface area contributed by atoms with E-state index in [1.807, 2.05) is 6.92 Å². The van der Waals surface area contributed by atoms with E-state index in [1.165, 1.54) is 6.07 Å². The van der Waals surface area contributed by atoms with Gasteiger partial charge in [0.2, 0.25) is 5.95 Å². The van der Waals surface area contributed by atoms with Crippen LogP contribution in [0.25, 0.3) is 10.9 Å². The average molecular weight is 326 g/mol. The Morgan fingerprint density at radius 3 is 2.65 bits per heavy atom. The molecule has 0 saturated carbocycles. The normalized spacial score (nSPS) is 12.8. The molecule has 0 bridgehead atoms. The first-order valence-electron chi connectivity index (χ1n) is 7.17. The number of benzene rings is 1. The maximum Gasteiger partial charge on any atom is 0.416 e. The van der Waals surface area contributed by atoms with Crippen molar-refractivity contribution in [3.05, 3.63) is 23.8 Å². The van der Waals surface area contributed by atoms with E-state index in [2.05, 4.69) is 15.0 Å². The molecule has 3 N–H and O–H groups in total. The fourth-order valence-electron chi connectivity index (χ4n) is 2.09. The molecule has 0 radical (unpaired) electrons. The highest BCUT2D eigenvalue weighted by atomic mass is 19.4. The molecule has 0 aliphatic rings. The lowest BCUT2D eigenvalue weighted by molar-refractivity contribution is -0.137. The third kappa shape index (κ3) is 4.16. The predicted octanol–water partition coefficient (Wildman–Crippen LogP) is 3.49. The van der Waals surface area contributed by atoms with Crippen molar-refractivity contribution in [2.45, 2.75) is 32.4 Å². The molecule has 1 heterocycles. The monoisotopic (exact) mass is 326 g/mol. The largest absolute Gasteiger partial charge is 0.416 e. The van der Waals surface area contributed by atoms with Gasteiger partial charge in [0.25, 0.3) is 0 Å². The van der Waals surface area contributed by atoms with Crippen molar-refractivity contribution in [3.8, 4) is 0 Å². The zero-order valence-electron chi connectivity index (χ0n) is 12.6. The van der Waals surface area contributed by atoms with Gasteiger partial charge in [-0.05, 0) is 31.0 Å². The summed E-state index contributed by atoms with van der Waals surface area (Å²) in [6.45, 7) is 1.76. The summed E-state index contributed by atoms with van der Waals surface area (Å²) >= 11 is 0. The molecular weight excluding hydrogens is 309 g/mol. The summed E-state index contributed by atoms with van der Waals surface area (Å²) in [5, 5.41) is 9.71. The molecular formula is C15H17F3N4O. The topological polar surface area (TPSA) is 84.4 Å². The zero-order chi connectivity index (χ0) is 17.0. The molecule has 0 unspecified atom stereocenters. The summed E-state index contributed by atoms with van der Waals surface area (Å²) in [5.74, 6) is 0.00438. The summed E-state index contributed by atoms with van der Waals surface area (Å²) in [5.41, 5.74) is 5.33. The highest BCUT2D eigenvalue weighted by Crippen LogP contribution is 2.33. The molecule has 2 aromatic rings. The van der Waals surface area contributed by atoms with Gasteiger partial charge in [-0.15, -0.1) is 0 Å². The molecule has 1 aromatic carbocycles. The van der Waals surface area contributed by atoms with Crippen LogP contribution in [-0.4, -0.2) is 27.4 Å². The van der Waals surface area contributed by atoms with Gasteiger partial charge in [0.05, 0.1) is 17.7 Å². The lowest BCUT2D eigenvalue weighted by Gasteiger charge is -2.09. The predicted molar refractivity (Wildman–Crippen MR) is 82.7 cm³/mol. The van der Waals surface area contributed by atoms with E-state index in [0.717, 1.165) is 25.0 Å². The van der Waals surface area contributed by atoms with Crippen molar-refractivity contribution < 1.29 is 18.3 Å². The molecule has 0 aliphatic heterocycles. The van der Waals surface area contributed by atoms with Crippen LogP contribution in [0.15, 0.2) is 23.2 Å². The number of unbranched alkanes of at least 4 members (excludes halogenated alkanes) is 1. The summed E-state index contributed by atoms with van der Waals surface area (Å²) in [4.78, 5) is 12.1. The van der Waals surface area contributed by atoms with Gasteiger partial charge >= 0.3 is 6.18 Å². The van der Waals surface area contributed by atoms with Crippen LogP contribution in [0.5, 0.6) is 0 Å². The fraction of sp³-hybridized carbons (Fsp3) is 0.400. The third-order valence-electron chi connectivity index (χ3n) is 3.29. The van der Waals surface area contributed by atoms with Crippen LogP contribution in [0.4, 0.5) is 24.9 Å². The molecule has 5 nitrogen and oxygen atoms in total. The molecule has 23 heavy (non-hydrogen) atoms. The molecule has 0 fully saturated rings. The molecule has 0 atom stereocenters.